The van der Waals surface area contributed by atoms with E-state index in [4.69, 9.17) is 11.2 Å². The fraction of sp³-hybridized carbons (Fsp3) is 0.800. The summed E-state index contributed by atoms with van der Waals surface area (Å²) < 4.78 is 5.46. The van der Waals surface area contributed by atoms with Crippen molar-refractivity contribution in [1.29, 1.82) is 0 Å². The Morgan fingerprint density at radius 3 is 3.08 bits per heavy atom. The molecule has 72 valence electrons. The molecule has 0 aromatic carbocycles. The maximum Gasteiger partial charge on any atom is 0.158 e. The molecule has 0 amide bonds. The van der Waals surface area contributed by atoms with E-state index in [0.29, 0.717) is 12.6 Å². The summed E-state index contributed by atoms with van der Waals surface area (Å²) >= 11 is 1.91. The number of rotatable bonds is 2. The molecule has 3 unspecified atom stereocenters. The summed E-state index contributed by atoms with van der Waals surface area (Å²) in [7, 11) is 0. The summed E-state index contributed by atoms with van der Waals surface area (Å²) in [5.74, 6) is 2.50. The van der Waals surface area contributed by atoms with E-state index in [0.717, 1.165) is 5.25 Å². The molecule has 2 fully saturated rings. The van der Waals surface area contributed by atoms with E-state index in [1.807, 2.05) is 11.8 Å². The van der Waals surface area contributed by atoms with Crippen LogP contribution in [0.1, 0.15) is 25.7 Å². The Hall–Kier alpha value is -0.170. The molecule has 0 aromatic rings. The SMILES string of the molecule is C#CCOC1NC2CCCCC2S1. The Kier molecular flexibility index (Phi) is 3.15. The third-order valence-electron chi connectivity index (χ3n) is 2.67. The molecule has 2 aliphatic rings. The lowest BCUT2D eigenvalue weighted by atomic mass is 9.95. The van der Waals surface area contributed by atoms with Gasteiger partial charge in [-0.1, -0.05) is 18.8 Å². The molecule has 1 aliphatic heterocycles. The van der Waals surface area contributed by atoms with Crippen LogP contribution in [-0.2, 0) is 4.74 Å². The molecule has 3 heteroatoms. The number of ether oxygens (including phenoxy) is 1. The van der Waals surface area contributed by atoms with Crippen LogP contribution in [0.4, 0.5) is 0 Å². The number of hydrogen-bond donors (Lipinski definition) is 1. The third-order valence-corrected chi connectivity index (χ3v) is 4.10. The zero-order chi connectivity index (χ0) is 9.10. The second-order valence-corrected chi connectivity index (χ2v) is 4.89. The van der Waals surface area contributed by atoms with Gasteiger partial charge in [0.2, 0.25) is 0 Å². The molecule has 1 N–H and O–H groups in total. The molecule has 1 saturated heterocycles. The van der Waals surface area contributed by atoms with E-state index in [2.05, 4.69) is 11.2 Å². The Balaban J connectivity index is 1.81. The van der Waals surface area contributed by atoms with E-state index < -0.39 is 0 Å². The predicted molar refractivity (Wildman–Crippen MR) is 55.3 cm³/mol. The Morgan fingerprint density at radius 2 is 2.31 bits per heavy atom. The van der Waals surface area contributed by atoms with Gasteiger partial charge in [-0.25, -0.2) is 0 Å². The zero-order valence-electron chi connectivity index (χ0n) is 7.66. The summed E-state index contributed by atoms with van der Waals surface area (Å²) in [6.07, 6.45) is 10.5. The number of terminal acetylenes is 1. The minimum atomic E-state index is 0.143. The largest absolute Gasteiger partial charge is 0.341 e. The fourth-order valence-electron chi connectivity index (χ4n) is 2.03. The molecule has 0 bridgehead atoms. The molecule has 2 rings (SSSR count). The average Bonchev–Trinajstić information content (AvgIpc) is 2.57. The highest BCUT2D eigenvalue weighted by atomic mass is 32.2. The van der Waals surface area contributed by atoms with Crippen LogP contribution in [0.5, 0.6) is 0 Å². The average molecular weight is 197 g/mol. The first-order chi connectivity index (χ1) is 6.40. The summed E-state index contributed by atoms with van der Waals surface area (Å²) in [6, 6.07) is 0.668. The highest BCUT2D eigenvalue weighted by Gasteiger charge is 2.35. The monoisotopic (exact) mass is 197 g/mol. The van der Waals surface area contributed by atoms with Gasteiger partial charge in [0.05, 0.1) is 0 Å². The van der Waals surface area contributed by atoms with E-state index in [1.54, 1.807) is 0 Å². The number of thioether (sulfide) groups is 1. The van der Waals surface area contributed by atoms with E-state index >= 15 is 0 Å². The number of fused-ring (bicyclic) bond motifs is 1. The van der Waals surface area contributed by atoms with Crippen molar-refractivity contribution >= 4 is 11.8 Å². The maximum absolute atomic E-state index is 5.46. The van der Waals surface area contributed by atoms with Gasteiger partial charge in [-0.3, -0.25) is 5.32 Å². The van der Waals surface area contributed by atoms with Crippen molar-refractivity contribution in [3.8, 4) is 12.3 Å². The normalized spacial score (nSPS) is 38.2. The molecule has 1 aliphatic carbocycles. The van der Waals surface area contributed by atoms with Gasteiger partial charge in [-0.15, -0.1) is 18.2 Å². The number of nitrogens with one attached hydrogen (secondary N) is 1. The first-order valence-electron chi connectivity index (χ1n) is 4.87. The second kappa shape index (κ2) is 4.36. The Morgan fingerprint density at radius 1 is 1.46 bits per heavy atom. The van der Waals surface area contributed by atoms with E-state index in [1.165, 1.54) is 25.7 Å². The smallest absolute Gasteiger partial charge is 0.158 e. The van der Waals surface area contributed by atoms with Gasteiger partial charge in [0.1, 0.15) is 6.61 Å². The summed E-state index contributed by atoms with van der Waals surface area (Å²) in [5.41, 5.74) is 0.143. The summed E-state index contributed by atoms with van der Waals surface area (Å²) in [4.78, 5) is 0. The van der Waals surface area contributed by atoms with Crippen LogP contribution in [0.2, 0.25) is 0 Å². The lowest BCUT2D eigenvalue weighted by Crippen LogP contribution is -2.36. The van der Waals surface area contributed by atoms with Crippen LogP contribution in [0.3, 0.4) is 0 Å². The van der Waals surface area contributed by atoms with Gasteiger partial charge in [0.15, 0.2) is 5.56 Å². The van der Waals surface area contributed by atoms with E-state index in [9.17, 15) is 0 Å². The van der Waals surface area contributed by atoms with Crippen LogP contribution in [0, 0.1) is 12.3 Å². The number of hydrogen-bond acceptors (Lipinski definition) is 3. The van der Waals surface area contributed by atoms with Crippen LogP contribution in [0.25, 0.3) is 0 Å². The van der Waals surface area contributed by atoms with Gasteiger partial charge in [0.25, 0.3) is 0 Å². The fourth-order valence-corrected chi connectivity index (χ4v) is 3.46. The molecular formula is C10H15NOS. The van der Waals surface area contributed by atoms with Crippen molar-refractivity contribution in [3.05, 3.63) is 0 Å². The van der Waals surface area contributed by atoms with Crippen molar-refractivity contribution in [2.24, 2.45) is 0 Å². The van der Waals surface area contributed by atoms with Gasteiger partial charge in [-0.05, 0) is 12.8 Å². The highest BCUT2D eigenvalue weighted by molar-refractivity contribution is 8.00. The van der Waals surface area contributed by atoms with Crippen molar-refractivity contribution < 1.29 is 4.74 Å². The van der Waals surface area contributed by atoms with Crippen LogP contribution < -0.4 is 5.32 Å². The Bertz CT molecular complexity index is 199. The second-order valence-electron chi connectivity index (χ2n) is 3.58. The van der Waals surface area contributed by atoms with Crippen LogP contribution in [0.15, 0.2) is 0 Å². The van der Waals surface area contributed by atoms with Crippen molar-refractivity contribution in [2.75, 3.05) is 6.61 Å². The van der Waals surface area contributed by atoms with Gasteiger partial charge < -0.3 is 4.74 Å². The van der Waals surface area contributed by atoms with Crippen LogP contribution >= 0.6 is 11.8 Å². The van der Waals surface area contributed by atoms with Crippen molar-refractivity contribution in [2.45, 2.75) is 42.5 Å². The molecule has 0 spiro atoms. The first kappa shape index (κ1) is 9.39. The summed E-state index contributed by atoms with van der Waals surface area (Å²) in [5, 5.41) is 4.23. The van der Waals surface area contributed by atoms with Gasteiger partial charge in [-0.2, -0.15) is 0 Å². The molecule has 0 aromatic heterocycles. The lowest BCUT2D eigenvalue weighted by Gasteiger charge is -2.22. The van der Waals surface area contributed by atoms with Gasteiger partial charge >= 0.3 is 0 Å². The minimum absolute atomic E-state index is 0.143. The third kappa shape index (κ3) is 2.19. The van der Waals surface area contributed by atoms with Crippen LogP contribution in [-0.4, -0.2) is 23.5 Å². The van der Waals surface area contributed by atoms with Crippen molar-refractivity contribution in [1.82, 2.24) is 5.32 Å². The first-order valence-corrected chi connectivity index (χ1v) is 5.81. The molecule has 1 saturated carbocycles. The Labute approximate surface area is 83.8 Å². The zero-order valence-corrected chi connectivity index (χ0v) is 8.48. The van der Waals surface area contributed by atoms with Crippen molar-refractivity contribution in [3.63, 3.8) is 0 Å². The van der Waals surface area contributed by atoms with E-state index in [-0.39, 0.29) is 5.56 Å². The standard InChI is InChI=1S/C10H15NOS/c1-2-7-12-10-11-8-5-3-4-6-9(8)13-10/h1,8-11H,3-7H2. The minimum Gasteiger partial charge on any atom is -0.341 e. The van der Waals surface area contributed by atoms with Gasteiger partial charge in [0, 0.05) is 11.3 Å². The molecular weight excluding hydrogens is 182 g/mol. The molecule has 2 nitrogen and oxygen atoms in total. The topological polar surface area (TPSA) is 21.3 Å². The maximum atomic E-state index is 5.46. The predicted octanol–water partition coefficient (Wildman–Crippen LogP) is 1.57. The molecule has 1 heterocycles. The summed E-state index contributed by atoms with van der Waals surface area (Å²) in [6.45, 7) is 0.421. The molecule has 0 radical (unpaired) electrons. The highest BCUT2D eigenvalue weighted by Crippen LogP contribution is 2.36. The quantitative estimate of drug-likeness (QED) is 0.679. The molecule has 3 atom stereocenters. The molecule has 13 heavy (non-hydrogen) atoms. The lowest BCUT2D eigenvalue weighted by molar-refractivity contribution is 0.114.